The summed E-state index contributed by atoms with van der Waals surface area (Å²) in [6.45, 7) is 6.15. The van der Waals surface area contributed by atoms with Crippen LogP contribution in [0, 0.1) is 6.92 Å². The second-order valence-electron chi connectivity index (χ2n) is 7.89. The molecule has 0 bridgehead atoms. The number of nitrogens with one attached hydrogen (secondary N) is 1. The van der Waals surface area contributed by atoms with Gasteiger partial charge in [0.1, 0.15) is 12.4 Å². The highest BCUT2D eigenvalue weighted by Crippen LogP contribution is 2.31. The van der Waals surface area contributed by atoms with Crippen LogP contribution in [0.1, 0.15) is 24.0 Å². The molecular formula is C24H29N3O3S. The molecule has 0 aromatic heterocycles. The van der Waals surface area contributed by atoms with Crippen LogP contribution < -0.4 is 15.0 Å². The number of thioether (sulfide) groups is 1. The molecule has 0 saturated carbocycles. The van der Waals surface area contributed by atoms with E-state index in [0.29, 0.717) is 18.9 Å². The summed E-state index contributed by atoms with van der Waals surface area (Å²) in [5.41, 5.74) is 3.95. The zero-order chi connectivity index (χ0) is 21.6. The Morgan fingerprint density at radius 2 is 1.84 bits per heavy atom. The number of amides is 2. The van der Waals surface area contributed by atoms with E-state index in [4.69, 9.17) is 4.74 Å². The maximum absolute atomic E-state index is 12.7. The summed E-state index contributed by atoms with van der Waals surface area (Å²) >= 11 is 2.00. The molecule has 1 N–H and O–H groups in total. The smallest absolute Gasteiger partial charge is 0.227 e. The zero-order valence-corrected chi connectivity index (χ0v) is 18.7. The first-order chi connectivity index (χ1) is 15.1. The van der Waals surface area contributed by atoms with Crippen LogP contribution in [0.3, 0.4) is 0 Å². The molecule has 0 radical (unpaired) electrons. The van der Waals surface area contributed by atoms with Crippen molar-refractivity contribution in [1.29, 1.82) is 0 Å². The Bertz CT molecular complexity index is 943. The van der Waals surface area contributed by atoms with Gasteiger partial charge in [-0.15, -0.1) is 0 Å². The molecule has 0 aliphatic carbocycles. The maximum Gasteiger partial charge on any atom is 0.227 e. The normalized spacial score (nSPS) is 16.4. The fraction of sp³-hybridized carbons (Fsp3) is 0.417. The van der Waals surface area contributed by atoms with Gasteiger partial charge in [-0.1, -0.05) is 24.3 Å². The molecule has 7 heteroatoms. The third-order valence-corrected chi connectivity index (χ3v) is 6.76. The molecule has 1 fully saturated rings. The van der Waals surface area contributed by atoms with E-state index in [1.54, 1.807) is 4.90 Å². The number of carbonyl (C=O) groups excluding carboxylic acids is 2. The van der Waals surface area contributed by atoms with E-state index in [-0.39, 0.29) is 24.7 Å². The van der Waals surface area contributed by atoms with Crippen molar-refractivity contribution in [2.75, 3.05) is 48.0 Å². The largest absolute Gasteiger partial charge is 0.490 e. The van der Waals surface area contributed by atoms with E-state index in [1.165, 1.54) is 17.1 Å². The van der Waals surface area contributed by atoms with Gasteiger partial charge in [-0.3, -0.25) is 14.5 Å². The molecule has 2 aliphatic heterocycles. The zero-order valence-electron chi connectivity index (χ0n) is 17.9. The van der Waals surface area contributed by atoms with E-state index >= 15 is 0 Å². The Morgan fingerprint density at radius 1 is 1.03 bits per heavy atom. The number of para-hydroxylation sites is 2. The van der Waals surface area contributed by atoms with Gasteiger partial charge in [0.05, 0.1) is 12.2 Å². The van der Waals surface area contributed by atoms with Crippen LogP contribution in [0.5, 0.6) is 5.75 Å². The summed E-state index contributed by atoms with van der Waals surface area (Å²) in [5, 5.41) is 3.01. The number of nitrogens with zero attached hydrogens (tertiary/aromatic N) is 2. The standard InChI is InChI=1S/C24H29N3O3S/c1-18-19(17-26-12-15-31-16-13-26)5-4-6-20(18)25-23(28)9-10-24(29)27-11-14-30-22-8-3-2-7-21(22)27/h2-8H,9-17H2,1H3,(H,25,28). The second-order valence-corrected chi connectivity index (χ2v) is 9.11. The quantitative estimate of drug-likeness (QED) is 0.744. The average Bonchev–Trinajstić information content (AvgIpc) is 2.80. The van der Waals surface area contributed by atoms with Crippen LogP contribution in [0.4, 0.5) is 11.4 Å². The number of carbonyl (C=O) groups is 2. The molecule has 2 aromatic rings. The van der Waals surface area contributed by atoms with E-state index < -0.39 is 0 Å². The minimum absolute atomic E-state index is 0.0562. The van der Waals surface area contributed by atoms with Gasteiger partial charge in [-0.2, -0.15) is 11.8 Å². The maximum atomic E-state index is 12.7. The van der Waals surface area contributed by atoms with E-state index in [2.05, 4.69) is 23.2 Å². The molecule has 4 rings (SSSR count). The average molecular weight is 440 g/mol. The van der Waals surface area contributed by atoms with Crippen LogP contribution in [0.25, 0.3) is 0 Å². The topological polar surface area (TPSA) is 61.9 Å². The highest BCUT2D eigenvalue weighted by Gasteiger charge is 2.23. The number of anilines is 2. The van der Waals surface area contributed by atoms with Crippen molar-refractivity contribution in [2.45, 2.75) is 26.3 Å². The van der Waals surface area contributed by atoms with Gasteiger partial charge >= 0.3 is 0 Å². The first-order valence-electron chi connectivity index (χ1n) is 10.8. The van der Waals surface area contributed by atoms with E-state index in [9.17, 15) is 9.59 Å². The molecule has 2 amide bonds. The lowest BCUT2D eigenvalue weighted by Gasteiger charge is -2.29. The van der Waals surface area contributed by atoms with E-state index in [1.807, 2.05) is 48.2 Å². The van der Waals surface area contributed by atoms with Crippen LogP contribution in [-0.4, -0.2) is 54.5 Å². The van der Waals surface area contributed by atoms with Gasteiger partial charge in [-0.05, 0) is 36.2 Å². The lowest BCUT2D eigenvalue weighted by atomic mass is 10.1. The van der Waals surface area contributed by atoms with Gasteiger partial charge in [0.2, 0.25) is 11.8 Å². The van der Waals surface area contributed by atoms with Crippen molar-refractivity contribution in [1.82, 2.24) is 4.90 Å². The van der Waals surface area contributed by atoms with Crippen LogP contribution >= 0.6 is 11.8 Å². The Kier molecular flexibility index (Phi) is 7.14. The fourth-order valence-corrected chi connectivity index (χ4v) is 4.97. The third-order valence-electron chi connectivity index (χ3n) is 5.81. The minimum atomic E-state index is -0.135. The molecule has 2 heterocycles. The number of rotatable bonds is 6. The Labute approximate surface area is 187 Å². The highest BCUT2D eigenvalue weighted by molar-refractivity contribution is 7.99. The third kappa shape index (κ3) is 5.40. The molecule has 1 saturated heterocycles. The molecule has 164 valence electrons. The lowest BCUT2D eigenvalue weighted by molar-refractivity contribution is -0.122. The highest BCUT2D eigenvalue weighted by atomic mass is 32.2. The molecular weight excluding hydrogens is 410 g/mol. The number of benzene rings is 2. The summed E-state index contributed by atoms with van der Waals surface area (Å²) in [6.07, 6.45) is 0.329. The number of hydrogen-bond acceptors (Lipinski definition) is 5. The molecule has 2 aromatic carbocycles. The monoisotopic (exact) mass is 439 g/mol. The van der Waals surface area contributed by atoms with Gasteiger partial charge in [-0.25, -0.2) is 0 Å². The first kappa shape index (κ1) is 21.7. The van der Waals surface area contributed by atoms with E-state index in [0.717, 1.165) is 36.6 Å². The number of hydrogen-bond donors (Lipinski definition) is 1. The summed E-state index contributed by atoms with van der Waals surface area (Å²) in [5.74, 6) is 2.88. The van der Waals surface area contributed by atoms with Gasteiger partial charge in [0.15, 0.2) is 0 Å². The Hall–Kier alpha value is -2.51. The van der Waals surface area contributed by atoms with Crippen molar-refractivity contribution >= 4 is 35.0 Å². The molecule has 31 heavy (non-hydrogen) atoms. The first-order valence-corrected chi connectivity index (χ1v) is 12.0. The second kappa shape index (κ2) is 10.2. The van der Waals surface area contributed by atoms with Crippen molar-refractivity contribution in [3.63, 3.8) is 0 Å². The van der Waals surface area contributed by atoms with Crippen LogP contribution in [0.15, 0.2) is 42.5 Å². The molecule has 0 atom stereocenters. The minimum Gasteiger partial charge on any atom is -0.490 e. The number of ether oxygens (including phenoxy) is 1. The predicted octanol–water partition coefficient (Wildman–Crippen LogP) is 3.69. The van der Waals surface area contributed by atoms with Gasteiger partial charge in [0.25, 0.3) is 0 Å². The Balaban J connectivity index is 1.33. The van der Waals surface area contributed by atoms with Crippen LogP contribution in [-0.2, 0) is 16.1 Å². The van der Waals surface area contributed by atoms with Gasteiger partial charge in [0, 0.05) is 49.7 Å². The Morgan fingerprint density at radius 3 is 2.68 bits per heavy atom. The molecule has 0 spiro atoms. The van der Waals surface area contributed by atoms with Crippen molar-refractivity contribution in [3.8, 4) is 5.75 Å². The van der Waals surface area contributed by atoms with Crippen molar-refractivity contribution in [2.24, 2.45) is 0 Å². The molecule has 6 nitrogen and oxygen atoms in total. The summed E-state index contributed by atoms with van der Waals surface area (Å²) in [7, 11) is 0. The molecule has 2 aliphatic rings. The number of fused-ring (bicyclic) bond motifs is 1. The fourth-order valence-electron chi connectivity index (χ4n) is 3.99. The SMILES string of the molecule is Cc1c(CN2CCSCC2)cccc1NC(=O)CCC(=O)N1CCOc2ccccc21. The van der Waals surface area contributed by atoms with Gasteiger partial charge < -0.3 is 15.0 Å². The van der Waals surface area contributed by atoms with Crippen LogP contribution in [0.2, 0.25) is 0 Å². The summed E-state index contributed by atoms with van der Waals surface area (Å²) < 4.78 is 5.61. The lowest BCUT2D eigenvalue weighted by Crippen LogP contribution is -2.38. The van der Waals surface area contributed by atoms with Crippen molar-refractivity contribution in [3.05, 3.63) is 53.6 Å². The summed E-state index contributed by atoms with van der Waals surface area (Å²) in [4.78, 5) is 29.5. The van der Waals surface area contributed by atoms with Crippen molar-refractivity contribution < 1.29 is 14.3 Å². The predicted molar refractivity (Wildman–Crippen MR) is 126 cm³/mol. The summed E-state index contributed by atoms with van der Waals surface area (Å²) in [6, 6.07) is 13.6. The molecule has 0 unspecified atom stereocenters.